The second-order valence-corrected chi connectivity index (χ2v) is 15.2. The normalized spacial score (nSPS) is 25.6. The fraction of sp³-hybridized carbons (Fsp3) is 0.324. The topological polar surface area (TPSA) is 164 Å². The molecule has 8 rings (SSSR count). The molecule has 14 heteroatoms. The third-order valence-electron chi connectivity index (χ3n) is 10.4. The molecule has 51 heavy (non-hydrogen) atoms. The first-order valence-corrected chi connectivity index (χ1v) is 18.3. The van der Waals surface area contributed by atoms with E-state index < -0.39 is 23.7 Å². The Morgan fingerprint density at radius 1 is 0.961 bits per heavy atom. The van der Waals surface area contributed by atoms with Crippen LogP contribution in [0.25, 0.3) is 0 Å². The quantitative estimate of drug-likeness (QED) is 0.121. The number of aromatic hydroxyl groups is 1. The molecular formula is C37H33N3O9S2. The molecular weight excluding hydrogens is 695 g/mol. The van der Waals surface area contributed by atoms with Crippen molar-refractivity contribution in [2.75, 3.05) is 30.5 Å². The number of aromatic amines is 1. The van der Waals surface area contributed by atoms with Crippen LogP contribution in [0.5, 0.6) is 17.2 Å². The Balaban J connectivity index is 1.07. The van der Waals surface area contributed by atoms with Gasteiger partial charge in [0.05, 0.1) is 41.8 Å². The molecule has 3 heterocycles. The van der Waals surface area contributed by atoms with Gasteiger partial charge in [-0.25, -0.2) is 4.79 Å². The van der Waals surface area contributed by atoms with Gasteiger partial charge in [-0.15, -0.1) is 11.8 Å². The van der Waals surface area contributed by atoms with Crippen molar-refractivity contribution in [3.8, 4) is 17.2 Å². The number of hydrogen-bond acceptors (Lipinski definition) is 11. The highest BCUT2D eigenvalue weighted by Gasteiger charge is 2.69. The van der Waals surface area contributed by atoms with Crippen LogP contribution < -0.4 is 24.6 Å². The van der Waals surface area contributed by atoms with Gasteiger partial charge in [0.15, 0.2) is 18.1 Å². The SMILES string of the molecule is CCOC(=O)c1ccc(N2C(=O)C3C4CC(C3C2=O)C2C4Sc3[nH]c(=O)sc3[C@@H]2c2ccc(OCC(=O)Nc3ccc(O)cc3)c(OC)c2)cc1. The molecule has 2 aliphatic heterocycles. The highest BCUT2D eigenvalue weighted by atomic mass is 32.2. The Morgan fingerprint density at radius 3 is 2.39 bits per heavy atom. The molecule has 3 N–H and O–H groups in total. The number of anilines is 2. The van der Waals surface area contributed by atoms with Gasteiger partial charge in [-0.05, 0) is 97.3 Å². The smallest absolute Gasteiger partial charge is 0.338 e. The summed E-state index contributed by atoms with van der Waals surface area (Å²) in [6.45, 7) is 1.68. The van der Waals surface area contributed by atoms with Gasteiger partial charge in [0.2, 0.25) is 11.8 Å². The minimum Gasteiger partial charge on any atom is -0.508 e. The minimum atomic E-state index is -0.495. The molecule has 2 bridgehead atoms. The maximum absolute atomic E-state index is 14.2. The van der Waals surface area contributed by atoms with Gasteiger partial charge in [-0.3, -0.25) is 24.1 Å². The van der Waals surface area contributed by atoms with Crippen molar-refractivity contribution in [2.45, 2.75) is 29.5 Å². The standard InChI is InChI=1S/C37H33N3O9S2/c1-3-48-36(45)17-4-9-20(10-5-17)40-34(43)29-22-15-23(30(29)35(40)44)31-28(22)27(32-33(50-31)39-37(46)51-32)18-6-13-24(25(14-18)47-2)49-16-26(42)38-19-7-11-21(41)12-8-19/h4-14,22-23,27-31,41H,3,15-16H2,1-2H3,(H,38,42)(H,39,46)/t22?,23?,27-,28?,29?,30?,31?/m1/s1. The van der Waals surface area contributed by atoms with Crippen LogP contribution in [-0.2, 0) is 19.1 Å². The molecule has 1 saturated heterocycles. The number of phenols is 1. The number of rotatable bonds is 9. The molecule has 6 unspecified atom stereocenters. The van der Waals surface area contributed by atoms with E-state index in [0.29, 0.717) is 28.4 Å². The van der Waals surface area contributed by atoms with Crippen molar-refractivity contribution in [3.63, 3.8) is 0 Å². The Labute approximate surface area is 300 Å². The third kappa shape index (κ3) is 5.57. The summed E-state index contributed by atoms with van der Waals surface area (Å²) in [7, 11) is 1.51. The van der Waals surface area contributed by atoms with Gasteiger partial charge < -0.3 is 29.6 Å². The minimum absolute atomic E-state index is 0.00703. The van der Waals surface area contributed by atoms with E-state index >= 15 is 0 Å². The zero-order chi connectivity index (χ0) is 35.6. The van der Waals surface area contributed by atoms with Crippen molar-refractivity contribution < 1.29 is 38.5 Å². The number of aromatic nitrogens is 1. The fourth-order valence-corrected chi connectivity index (χ4v) is 11.4. The van der Waals surface area contributed by atoms with E-state index in [1.54, 1.807) is 61.2 Å². The number of imide groups is 1. The molecule has 7 atom stereocenters. The molecule has 12 nitrogen and oxygen atoms in total. The predicted molar refractivity (Wildman–Crippen MR) is 189 cm³/mol. The number of H-pyrrole nitrogens is 1. The van der Waals surface area contributed by atoms with E-state index in [4.69, 9.17) is 14.2 Å². The average molecular weight is 728 g/mol. The number of methoxy groups -OCH3 is 1. The summed E-state index contributed by atoms with van der Waals surface area (Å²) < 4.78 is 16.6. The monoisotopic (exact) mass is 727 g/mol. The largest absolute Gasteiger partial charge is 0.508 e. The molecule has 0 radical (unpaired) electrons. The van der Waals surface area contributed by atoms with E-state index in [0.717, 1.165) is 33.2 Å². The van der Waals surface area contributed by atoms with E-state index in [1.165, 1.54) is 24.1 Å². The van der Waals surface area contributed by atoms with Gasteiger partial charge in [-0.1, -0.05) is 17.4 Å². The lowest BCUT2D eigenvalue weighted by atomic mass is 9.68. The molecule has 2 saturated carbocycles. The van der Waals surface area contributed by atoms with Crippen LogP contribution in [0, 0.1) is 29.6 Å². The number of hydrogen-bond donors (Lipinski definition) is 3. The number of nitrogens with one attached hydrogen (secondary N) is 2. The Hall–Kier alpha value is -5.08. The lowest BCUT2D eigenvalue weighted by Crippen LogP contribution is -2.42. The number of esters is 1. The molecule has 0 spiro atoms. The highest BCUT2D eigenvalue weighted by Crippen LogP contribution is 2.68. The van der Waals surface area contributed by atoms with Crippen molar-refractivity contribution in [3.05, 3.63) is 92.4 Å². The molecule has 4 aromatic rings. The van der Waals surface area contributed by atoms with Gasteiger partial charge in [0, 0.05) is 21.7 Å². The zero-order valence-corrected chi connectivity index (χ0v) is 29.1. The van der Waals surface area contributed by atoms with Crippen LogP contribution in [0.1, 0.15) is 40.1 Å². The number of amides is 3. The third-order valence-corrected chi connectivity index (χ3v) is 13.0. The van der Waals surface area contributed by atoms with Crippen molar-refractivity contribution in [1.82, 2.24) is 4.98 Å². The number of thiazole rings is 1. The maximum Gasteiger partial charge on any atom is 0.338 e. The number of fused-ring (bicyclic) bond motifs is 9. The molecule has 2 aliphatic carbocycles. The predicted octanol–water partition coefficient (Wildman–Crippen LogP) is 5.02. The summed E-state index contributed by atoms with van der Waals surface area (Å²) in [6.07, 6.45) is 0.731. The second-order valence-electron chi connectivity index (χ2n) is 13.0. The van der Waals surface area contributed by atoms with Crippen LogP contribution >= 0.6 is 23.1 Å². The van der Waals surface area contributed by atoms with Crippen molar-refractivity contribution in [2.24, 2.45) is 29.6 Å². The van der Waals surface area contributed by atoms with Gasteiger partial charge in [-0.2, -0.15) is 0 Å². The molecule has 3 fully saturated rings. The van der Waals surface area contributed by atoms with Crippen LogP contribution in [0.4, 0.5) is 11.4 Å². The van der Waals surface area contributed by atoms with Crippen LogP contribution in [0.3, 0.4) is 0 Å². The van der Waals surface area contributed by atoms with E-state index in [-0.39, 0.29) is 64.6 Å². The van der Waals surface area contributed by atoms with Crippen molar-refractivity contribution in [1.29, 1.82) is 0 Å². The molecule has 3 aromatic carbocycles. The summed E-state index contributed by atoms with van der Waals surface area (Å²) in [6, 6.07) is 18.0. The van der Waals surface area contributed by atoms with Crippen LogP contribution in [0.2, 0.25) is 0 Å². The average Bonchev–Trinajstić information content (AvgIpc) is 3.87. The Kier molecular flexibility index (Phi) is 8.38. The molecule has 4 aliphatic rings. The van der Waals surface area contributed by atoms with Crippen LogP contribution in [0.15, 0.2) is 76.6 Å². The number of benzene rings is 3. The van der Waals surface area contributed by atoms with Gasteiger partial charge in [0.25, 0.3) is 5.91 Å². The Bertz CT molecular complexity index is 2110. The fourth-order valence-electron chi connectivity index (χ4n) is 8.49. The number of carbonyl (C=O) groups is 4. The van der Waals surface area contributed by atoms with E-state index in [1.807, 2.05) is 12.1 Å². The number of ether oxygens (including phenoxy) is 3. The number of thioether (sulfide) groups is 1. The van der Waals surface area contributed by atoms with E-state index in [2.05, 4.69) is 10.3 Å². The lowest BCUT2D eigenvalue weighted by Gasteiger charge is -2.43. The molecule has 1 aromatic heterocycles. The van der Waals surface area contributed by atoms with Gasteiger partial charge >= 0.3 is 10.8 Å². The summed E-state index contributed by atoms with van der Waals surface area (Å²) in [5.74, 6) is -1.85. The number of phenolic OH excluding ortho intramolecular Hbond substituents is 1. The summed E-state index contributed by atoms with van der Waals surface area (Å²) in [5, 5.41) is 13.0. The second kappa shape index (κ2) is 12.9. The molecule has 262 valence electrons. The first kappa shape index (κ1) is 33.1. The summed E-state index contributed by atoms with van der Waals surface area (Å²) in [5.41, 5.74) is 2.17. The number of carbonyl (C=O) groups excluding carboxylic acids is 4. The number of nitrogens with zero attached hydrogens (tertiary/aromatic N) is 1. The van der Waals surface area contributed by atoms with Crippen molar-refractivity contribution >= 4 is 58.2 Å². The first-order chi connectivity index (χ1) is 24.7. The van der Waals surface area contributed by atoms with E-state index in [9.17, 15) is 29.1 Å². The summed E-state index contributed by atoms with van der Waals surface area (Å²) in [4.78, 5) is 70.7. The highest BCUT2D eigenvalue weighted by molar-refractivity contribution is 8.00. The summed E-state index contributed by atoms with van der Waals surface area (Å²) >= 11 is 2.76. The zero-order valence-electron chi connectivity index (χ0n) is 27.5. The maximum atomic E-state index is 14.2. The first-order valence-electron chi connectivity index (χ1n) is 16.6. The lowest BCUT2D eigenvalue weighted by molar-refractivity contribution is -0.123. The van der Waals surface area contributed by atoms with Crippen LogP contribution in [-0.4, -0.2) is 59.4 Å². The van der Waals surface area contributed by atoms with Gasteiger partial charge in [0.1, 0.15) is 5.75 Å². The molecule has 3 amide bonds. The Morgan fingerprint density at radius 2 is 1.69 bits per heavy atom.